The lowest BCUT2D eigenvalue weighted by Gasteiger charge is -2.12. The zero-order valence-corrected chi connectivity index (χ0v) is 27.8. The van der Waals surface area contributed by atoms with Crippen molar-refractivity contribution in [3.8, 4) is 34.0 Å². The van der Waals surface area contributed by atoms with E-state index in [-0.39, 0.29) is 0 Å². The van der Waals surface area contributed by atoms with E-state index in [4.69, 9.17) is 9.97 Å². The number of aromatic nitrogens is 4. The van der Waals surface area contributed by atoms with Gasteiger partial charge < -0.3 is 4.57 Å². The Hall–Kier alpha value is -6.52. The fraction of sp³-hybridized carbons (Fsp3) is 0.0435. The van der Waals surface area contributed by atoms with Crippen molar-refractivity contribution >= 4 is 54.5 Å². The summed E-state index contributed by atoms with van der Waals surface area (Å²) in [5.74, 6) is 0.671. The van der Waals surface area contributed by atoms with Crippen LogP contribution in [0, 0.1) is 13.8 Å². The van der Waals surface area contributed by atoms with Crippen molar-refractivity contribution in [2.24, 2.45) is 0 Å². The predicted molar refractivity (Wildman–Crippen MR) is 209 cm³/mol. The maximum Gasteiger partial charge on any atom is 0.235 e. The quantitative estimate of drug-likeness (QED) is 0.192. The van der Waals surface area contributed by atoms with Gasteiger partial charge in [-0.25, -0.2) is 9.97 Å². The van der Waals surface area contributed by atoms with Gasteiger partial charge in [-0.15, -0.1) is 0 Å². The molecule has 3 heterocycles. The van der Waals surface area contributed by atoms with Crippen LogP contribution in [-0.4, -0.2) is 19.1 Å². The Balaban J connectivity index is 1.20. The molecule has 10 aromatic rings. The van der Waals surface area contributed by atoms with Crippen LogP contribution in [0.3, 0.4) is 0 Å². The van der Waals surface area contributed by atoms with Crippen LogP contribution in [0.2, 0.25) is 0 Å². The van der Waals surface area contributed by atoms with Crippen molar-refractivity contribution in [3.63, 3.8) is 0 Å². The van der Waals surface area contributed by atoms with Gasteiger partial charge in [-0.1, -0.05) is 102 Å². The second-order valence-corrected chi connectivity index (χ2v) is 13.3. The zero-order valence-electron chi connectivity index (χ0n) is 27.8. The number of rotatable bonds is 4. The van der Waals surface area contributed by atoms with Gasteiger partial charge >= 0.3 is 0 Å². The van der Waals surface area contributed by atoms with Crippen molar-refractivity contribution < 1.29 is 0 Å². The normalized spacial score (nSPS) is 11.8. The van der Waals surface area contributed by atoms with E-state index in [9.17, 15) is 0 Å². The monoisotopic (exact) mass is 640 g/mol. The average Bonchev–Trinajstić information content (AvgIpc) is 3.66. The van der Waals surface area contributed by atoms with Crippen LogP contribution in [-0.2, 0) is 0 Å². The van der Waals surface area contributed by atoms with Gasteiger partial charge in [-0.3, -0.25) is 4.57 Å². The topological polar surface area (TPSA) is 35.6 Å². The fourth-order valence-corrected chi connectivity index (χ4v) is 7.68. The van der Waals surface area contributed by atoms with E-state index in [1.165, 1.54) is 60.5 Å². The van der Waals surface area contributed by atoms with Crippen LogP contribution in [0.1, 0.15) is 11.1 Å². The predicted octanol–water partition coefficient (Wildman–Crippen LogP) is 11.8. The van der Waals surface area contributed by atoms with Gasteiger partial charge in [0.1, 0.15) is 0 Å². The molecule has 0 bridgehead atoms. The van der Waals surface area contributed by atoms with Gasteiger partial charge in [0, 0.05) is 38.2 Å². The Kier molecular flexibility index (Phi) is 6.27. The molecule has 4 nitrogen and oxygen atoms in total. The highest BCUT2D eigenvalue weighted by Gasteiger charge is 2.19. The largest absolute Gasteiger partial charge is 0.309 e. The Morgan fingerprint density at radius 1 is 0.380 bits per heavy atom. The molecular formula is C46H32N4. The third-order valence-corrected chi connectivity index (χ3v) is 10.0. The van der Waals surface area contributed by atoms with Gasteiger partial charge in [-0.2, -0.15) is 0 Å². The summed E-state index contributed by atoms with van der Waals surface area (Å²) in [6.07, 6.45) is 0. The number of fused-ring (bicyclic) bond motifs is 7. The van der Waals surface area contributed by atoms with Crippen molar-refractivity contribution in [2.75, 3.05) is 0 Å². The summed E-state index contributed by atoms with van der Waals surface area (Å²) in [6, 6.07) is 56.5. The highest BCUT2D eigenvalue weighted by atomic mass is 15.2. The maximum atomic E-state index is 5.26. The van der Waals surface area contributed by atoms with Crippen LogP contribution in [0.4, 0.5) is 0 Å². The van der Waals surface area contributed by atoms with Crippen molar-refractivity contribution in [1.29, 1.82) is 0 Å². The number of hydrogen-bond acceptors (Lipinski definition) is 2. The summed E-state index contributed by atoms with van der Waals surface area (Å²) >= 11 is 0. The number of aryl methyl sites for hydroxylation is 2. The number of hydrogen-bond donors (Lipinski definition) is 0. The summed E-state index contributed by atoms with van der Waals surface area (Å²) in [5, 5.41) is 5.93. The Morgan fingerprint density at radius 2 is 0.880 bits per heavy atom. The van der Waals surface area contributed by atoms with Crippen molar-refractivity contribution in [1.82, 2.24) is 19.1 Å². The number of nitrogens with zero attached hydrogens (tertiary/aromatic N) is 4. The summed E-state index contributed by atoms with van der Waals surface area (Å²) in [6.45, 7) is 4.33. The van der Waals surface area contributed by atoms with Gasteiger partial charge in [0.2, 0.25) is 5.95 Å². The lowest BCUT2D eigenvalue weighted by atomic mass is 10.00. The van der Waals surface area contributed by atoms with Crippen LogP contribution < -0.4 is 0 Å². The molecule has 4 heteroatoms. The minimum atomic E-state index is 0.671. The molecule has 0 atom stereocenters. The third-order valence-electron chi connectivity index (χ3n) is 10.0. The molecule has 0 amide bonds. The van der Waals surface area contributed by atoms with Crippen LogP contribution >= 0.6 is 0 Å². The standard InChI is InChI=1S/C46H32N4/c1-29-17-21-41-36(25-29)38-27-32(19-23-42(38)49(41)34-13-7-4-8-14-34)33-20-24-44-39(28-33)37-26-30(2)18-22-43(37)50(44)46-47-40-16-10-9-15-35(40)45(48-46)31-11-5-3-6-12-31/h3-28H,1-2H3. The molecule has 3 aromatic heterocycles. The second kappa shape index (κ2) is 11.0. The lowest BCUT2D eigenvalue weighted by Crippen LogP contribution is -2.03. The third kappa shape index (κ3) is 4.39. The van der Waals surface area contributed by atoms with E-state index < -0.39 is 0 Å². The molecule has 0 spiro atoms. The summed E-state index contributed by atoms with van der Waals surface area (Å²) in [5.41, 5.74) is 13.5. The molecule has 0 unspecified atom stereocenters. The molecule has 50 heavy (non-hydrogen) atoms. The molecule has 10 rings (SSSR count). The van der Waals surface area contributed by atoms with Crippen LogP contribution in [0.25, 0.3) is 88.5 Å². The van der Waals surface area contributed by atoms with Gasteiger partial charge in [-0.05, 0) is 91.7 Å². The first-order valence-corrected chi connectivity index (χ1v) is 17.1. The number of para-hydroxylation sites is 2. The van der Waals surface area contributed by atoms with Gasteiger partial charge in [0.05, 0.1) is 33.3 Å². The van der Waals surface area contributed by atoms with E-state index in [1.54, 1.807) is 0 Å². The smallest absolute Gasteiger partial charge is 0.235 e. The SMILES string of the molecule is Cc1ccc2c(c1)c1cc(-c3ccc4c(c3)c3cc(C)ccc3n4-c3nc(-c4ccccc4)c4ccccc4n3)ccc1n2-c1ccccc1. The van der Waals surface area contributed by atoms with E-state index in [0.29, 0.717) is 5.95 Å². The van der Waals surface area contributed by atoms with Gasteiger partial charge in [0.25, 0.3) is 0 Å². The molecule has 0 aliphatic carbocycles. The zero-order chi connectivity index (χ0) is 33.3. The average molecular weight is 641 g/mol. The van der Waals surface area contributed by atoms with Crippen molar-refractivity contribution in [3.05, 3.63) is 169 Å². The molecule has 0 aliphatic heterocycles. The summed E-state index contributed by atoms with van der Waals surface area (Å²) < 4.78 is 4.60. The first-order chi connectivity index (χ1) is 24.6. The molecule has 0 N–H and O–H groups in total. The molecule has 236 valence electrons. The minimum Gasteiger partial charge on any atom is -0.309 e. The Labute approximate surface area is 289 Å². The van der Waals surface area contributed by atoms with Crippen LogP contribution in [0.5, 0.6) is 0 Å². The van der Waals surface area contributed by atoms with E-state index >= 15 is 0 Å². The lowest BCUT2D eigenvalue weighted by molar-refractivity contribution is 1.01. The Morgan fingerprint density at radius 3 is 1.50 bits per heavy atom. The molecule has 7 aromatic carbocycles. The molecule has 0 saturated carbocycles. The first kappa shape index (κ1) is 28.5. The van der Waals surface area contributed by atoms with E-state index in [0.717, 1.165) is 33.2 Å². The van der Waals surface area contributed by atoms with Crippen LogP contribution in [0.15, 0.2) is 158 Å². The van der Waals surface area contributed by atoms with E-state index in [1.807, 2.05) is 12.1 Å². The van der Waals surface area contributed by atoms with Gasteiger partial charge in [0.15, 0.2) is 0 Å². The summed E-state index contributed by atoms with van der Waals surface area (Å²) in [7, 11) is 0. The molecular weight excluding hydrogens is 609 g/mol. The molecule has 0 aliphatic rings. The second-order valence-electron chi connectivity index (χ2n) is 13.3. The summed E-state index contributed by atoms with van der Waals surface area (Å²) in [4.78, 5) is 10.4. The Bertz CT molecular complexity index is 2930. The first-order valence-electron chi connectivity index (χ1n) is 17.1. The fourth-order valence-electron chi connectivity index (χ4n) is 7.68. The molecule has 0 saturated heterocycles. The molecule has 0 fully saturated rings. The minimum absolute atomic E-state index is 0.671. The molecule has 0 radical (unpaired) electrons. The highest BCUT2D eigenvalue weighted by Crippen LogP contribution is 2.39. The van der Waals surface area contributed by atoms with E-state index in [2.05, 4.69) is 169 Å². The number of benzene rings is 7. The van der Waals surface area contributed by atoms with Crippen molar-refractivity contribution in [2.45, 2.75) is 13.8 Å². The highest BCUT2D eigenvalue weighted by molar-refractivity contribution is 6.13. The maximum absolute atomic E-state index is 5.26.